The largest absolute Gasteiger partial charge is 0.503 e. The molecule has 0 aliphatic carbocycles. The highest BCUT2D eigenvalue weighted by Crippen LogP contribution is 2.30. The first-order valence-corrected chi connectivity index (χ1v) is 8.10. The molecule has 25 heavy (non-hydrogen) atoms. The van der Waals surface area contributed by atoms with E-state index >= 15 is 0 Å². The second kappa shape index (κ2) is 6.92. The van der Waals surface area contributed by atoms with Crippen molar-refractivity contribution in [3.63, 3.8) is 0 Å². The molecule has 0 radical (unpaired) electrons. The van der Waals surface area contributed by atoms with E-state index in [1.807, 2.05) is 0 Å². The molecule has 1 aliphatic heterocycles. The summed E-state index contributed by atoms with van der Waals surface area (Å²) in [6, 6.07) is 6.73. The minimum atomic E-state index is -4.30. The summed E-state index contributed by atoms with van der Waals surface area (Å²) in [5, 5.41) is 9.25. The zero-order valence-corrected chi connectivity index (χ0v) is 13.5. The van der Waals surface area contributed by atoms with Gasteiger partial charge in [0.05, 0.1) is 5.56 Å². The van der Waals surface area contributed by atoms with Crippen LogP contribution in [0.5, 0.6) is 5.75 Å². The van der Waals surface area contributed by atoms with Gasteiger partial charge in [0.15, 0.2) is 5.75 Å². The number of nitrogens with zero attached hydrogens (tertiary/aromatic N) is 1. The monoisotopic (exact) mass is 352 g/mol. The molecule has 7 heteroatoms. The number of nitrogens with one attached hydrogen (secondary N) is 1. The predicted octanol–water partition coefficient (Wildman–Crippen LogP) is 3.16. The highest BCUT2D eigenvalue weighted by Gasteiger charge is 2.30. The van der Waals surface area contributed by atoms with Crippen LogP contribution in [-0.4, -0.2) is 28.1 Å². The molecule has 4 nitrogen and oxygen atoms in total. The lowest BCUT2D eigenvalue weighted by atomic mass is 9.98. The standard InChI is InChI=1S/C18H19F3N2O2/c19-18(20,21)14-3-1-12(2-4-14)7-13-5-6-23(10-13)11-15-8-16(24)17(25)9-22-15/h1-4,8-9,13,25H,5-7,10-11H2,(H,22,24). The fraction of sp³-hybridized carbons (Fsp3) is 0.389. The minimum Gasteiger partial charge on any atom is -0.503 e. The van der Waals surface area contributed by atoms with Crippen molar-refractivity contribution in [3.05, 3.63) is 63.6 Å². The summed E-state index contributed by atoms with van der Waals surface area (Å²) in [7, 11) is 0. The average molecular weight is 352 g/mol. The van der Waals surface area contributed by atoms with Gasteiger partial charge < -0.3 is 10.1 Å². The Hall–Kier alpha value is -2.28. The quantitative estimate of drug-likeness (QED) is 0.889. The molecule has 1 fully saturated rings. The molecular formula is C18H19F3N2O2. The second-order valence-electron chi connectivity index (χ2n) is 6.50. The van der Waals surface area contributed by atoms with Crippen molar-refractivity contribution in [1.82, 2.24) is 9.88 Å². The minimum absolute atomic E-state index is 0.301. The van der Waals surface area contributed by atoms with Crippen LogP contribution in [0.25, 0.3) is 0 Å². The van der Waals surface area contributed by atoms with Gasteiger partial charge in [0.2, 0.25) is 5.43 Å². The molecule has 1 unspecified atom stereocenters. The molecule has 3 rings (SSSR count). The Labute approximate surface area is 142 Å². The molecule has 1 aromatic heterocycles. The van der Waals surface area contributed by atoms with Crippen molar-refractivity contribution in [3.8, 4) is 5.75 Å². The van der Waals surface area contributed by atoms with Crippen molar-refractivity contribution >= 4 is 0 Å². The summed E-state index contributed by atoms with van der Waals surface area (Å²) in [5.74, 6) is 0.0749. The van der Waals surface area contributed by atoms with Gasteiger partial charge in [-0.3, -0.25) is 9.69 Å². The van der Waals surface area contributed by atoms with Gasteiger partial charge in [0.1, 0.15) is 0 Å². The van der Waals surface area contributed by atoms with Crippen LogP contribution >= 0.6 is 0 Å². The molecule has 0 saturated carbocycles. The Bertz CT molecular complexity index is 784. The van der Waals surface area contributed by atoms with E-state index in [-0.39, 0.29) is 5.75 Å². The van der Waals surface area contributed by atoms with Crippen LogP contribution in [0.2, 0.25) is 0 Å². The SMILES string of the molecule is O=c1cc(CN2CCC(Cc3ccc(C(F)(F)F)cc3)C2)[nH]cc1O. The van der Waals surface area contributed by atoms with E-state index < -0.39 is 17.2 Å². The normalized spacial score (nSPS) is 18.6. The highest BCUT2D eigenvalue weighted by atomic mass is 19.4. The third kappa shape index (κ3) is 4.42. The number of benzene rings is 1. The maximum atomic E-state index is 12.6. The number of aromatic nitrogens is 1. The Morgan fingerprint density at radius 2 is 1.96 bits per heavy atom. The van der Waals surface area contributed by atoms with Crippen LogP contribution in [0.3, 0.4) is 0 Å². The fourth-order valence-electron chi connectivity index (χ4n) is 3.22. The maximum Gasteiger partial charge on any atom is 0.416 e. The van der Waals surface area contributed by atoms with Gasteiger partial charge in [-0.05, 0) is 43.0 Å². The summed E-state index contributed by atoms with van der Waals surface area (Å²) >= 11 is 0. The zero-order chi connectivity index (χ0) is 18.0. The third-order valence-corrected chi connectivity index (χ3v) is 4.52. The molecule has 134 valence electrons. The van der Waals surface area contributed by atoms with E-state index in [0.717, 1.165) is 49.3 Å². The summed E-state index contributed by atoms with van der Waals surface area (Å²) in [6.07, 6.45) is -1.32. The predicted molar refractivity (Wildman–Crippen MR) is 87.3 cm³/mol. The zero-order valence-electron chi connectivity index (χ0n) is 13.5. The van der Waals surface area contributed by atoms with Crippen LogP contribution in [0.15, 0.2) is 41.3 Å². The van der Waals surface area contributed by atoms with Gasteiger partial charge in [-0.15, -0.1) is 0 Å². The fourth-order valence-corrected chi connectivity index (χ4v) is 3.22. The van der Waals surface area contributed by atoms with E-state index in [9.17, 15) is 23.1 Å². The molecule has 2 N–H and O–H groups in total. The van der Waals surface area contributed by atoms with Gasteiger partial charge in [-0.2, -0.15) is 13.2 Å². The number of H-pyrrole nitrogens is 1. The van der Waals surface area contributed by atoms with Crippen LogP contribution in [0.1, 0.15) is 23.2 Å². The molecule has 1 aromatic carbocycles. The molecule has 0 bridgehead atoms. The third-order valence-electron chi connectivity index (χ3n) is 4.52. The first-order chi connectivity index (χ1) is 11.8. The number of aromatic amines is 1. The first kappa shape index (κ1) is 17.5. The second-order valence-corrected chi connectivity index (χ2v) is 6.50. The number of hydrogen-bond donors (Lipinski definition) is 2. The van der Waals surface area contributed by atoms with Crippen molar-refractivity contribution in [2.24, 2.45) is 5.92 Å². The van der Waals surface area contributed by atoms with Gasteiger partial charge >= 0.3 is 6.18 Å². The van der Waals surface area contributed by atoms with Gasteiger partial charge in [-0.1, -0.05) is 12.1 Å². The van der Waals surface area contributed by atoms with E-state index in [2.05, 4.69) is 9.88 Å². The Balaban J connectivity index is 1.56. The van der Waals surface area contributed by atoms with Gasteiger partial charge in [-0.25, -0.2) is 0 Å². The van der Waals surface area contributed by atoms with E-state index in [4.69, 9.17) is 0 Å². The number of pyridine rings is 1. The number of halogens is 3. The summed E-state index contributed by atoms with van der Waals surface area (Å²) in [6.45, 7) is 2.27. The lowest BCUT2D eigenvalue weighted by Crippen LogP contribution is -2.22. The highest BCUT2D eigenvalue weighted by molar-refractivity contribution is 5.25. The lowest BCUT2D eigenvalue weighted by Gasteiger charge is -2.16. The van der Waals surface area contributed by atoms with Crippen LogP contribution in [-0.2, 0) is 19.1 Å². The number of alkyl halides is 3. The Kier molecular flexibility index (Phi) is 4.85. The van der Waals surface area contributed by atoms with E-state index in [1.54, 1.807) is 12.1 Å². The summed E-state index contributed by atoms with van der Waals surface area (Å²) in [5.41, 5.74) is 0.603. The number of likely N-dealkylation sites (tertiary alicyclic amines) is 1. The lowest BCUT2D eigenvalue weighted by molar-refractivity contribution is -0.137. The number of aromatic hydroxyl groups is 1. The van der Waals surface area contributed by atoms with Crippen molar-refractivity contribution < 1.29 is 18.3 Å². The Morgan fingerprint density at radius 1 is 1.24 bits per heavy atom. The van der Waals surface area contributed by atoms with Gasteiger partial charge in [0, 0.05) is 31.0 Å². The van der Waals surface area contributed by atoms with Gasteiger partial charge in [0.25, 0.3) is 0 Å². The topological polar surface area (TPSA) is 56.3 Å². The maximum absolute atomic E-state index is 12.6. The average Bonchev–Trinajstić information content (AvgIpc) is 2.98. The molecule has 2 aromatic rings. The molecule has 0 amide bonds. The van der Waals surface area contributed by atoms with Crippen LogP contribution in [0.4, 0.5) is 13.2 Å². The molecule has 1 saturated heterocycles. The summed E-state index contributed by atoms with van der Waals surface area (Å²) in [4.78, 5) is 16.5. The Morgan fingerprint density at radius 3 is 2.60 bits per heavy atom. The molecule has 1 aliphatic rings. The van der Waals surface area contributed by atoms with E-state index in [0.29, 0.717) is 12.5 Å². The van der Waals surface area contributed by atoms with Crippen molar-refractivity contribution in [2.45, 2.75) is 25.6 Å². The van der Waals surface area contributed by atoms with Crippen LogP contribution < -0.4 is 5.43 Å². The summed E-state index contributed by atoms with van der Waals surface area (Å²) < 4.78 is 37.8. The van der Waals surface area contributed by atoms with E-state index in [1.165, 1.54) is 12.3 Å². The number of hydrogen-bond acceptors (Lipinski definition) is 3. The molecule has 2 heterocycles. The first-order valence-electron chi connectivity index (χ1n) is 8.10. The number of rotatable bonds is 4. The van der Waals surface area contributed by atoms with Crippen LogP contribution in [0, 0.1) is 5.92 Å². The smallest absolute Gasteiger partial charge is 0.416 e. The molecular weight excluding hydrogens is 333 g/mol. The van der Waals surface area contributed by atoms with Crippen molar-refractivity contribution in [2.75, 3.05) is 13.1 Å². The molecule has 1 atom stereocenters. The van der Waals surface area contributed by atoms with Crippen molar-refractivity contribution in [1.29, 1.82) is 0 Å². The molecule has 0 spiro atoms.